The van der Waals surface area contributed by atoms with Gasteiger partial charge in [-0.15, -0.1) is 0 Å². The van der Waals surface area contributed by atoms with E-state index in [2.05, 4.69) is 4.98 Å². The van der Waals surface area contributed by atoms with Gasteiger partial charge in [-0.2, -0.15) is 11.8 Å². The van der Waals surface area contributed by atoms with Gasteiger partial charge < -0.3 is 10.6 Å². The van der Waals surface area contributed by atoms with Gasteiger partial charge in [0.25, 0.3) is 0 Å². The summed E-state index contributed by atoms with van der Waals surface area (Å²) >= 11 is 1.81. The van der Waals surface area contributed by atoms with Crippen LogP contribution in [0.25, 0.3) is 0 Å². The van der Waals surface area contributed by atoms with Crippen LogP contribution in [0.1, 0.15) is 0 Å². The second-order valence-corrected chi connectivity index (χ2v) is 4.49. The quantitative estimate of drug-likeness (QED) is 0.795. The standard InChI is InChI=1S/C9H11F2N3S/c10-6-5-7(11)9(13-8(6)12)14-1-3-15-4-2-14/h5H,1-4H2,(H2,12,13). The van der Waals surface area contributed by atoms with Crippen LogP contribution in [0.3, 0.4) is 0 Å². The molecule has 0 aromatic carbocycles. The summed E-state index contributed by atoms with van der Waals surface area (Å²) in [6.07, 6.45) is 0. The molecule has 0 spiro atoms. The van der Waals surface area contributed by atoms with E-state index in [0.717, 1.165) is 30.7 Å². The first-order valence-electron chi connectivity index (χ1n) is 4.62. The molecule has 1 aromatic rings. The SMILES string of the molecule is Nc1nc(N2CCSCC2)c(F)cc1F. The zero-order chi connectivity index (χ0) is 10.8. The van der Waals surface area contributed by atoms with E-state index in [9.17, 15) is 8.78 Å². The Morgan fingerprint density at radius 2 is 1.93 bits per heavy atom. The molecule has 1 aliphatic rings. The number of pyridine rings is 1. The van der Waals surface area contributed by atoms with Crippen LogP contribution in [0.4, 0.5) is 20.4 Å². The summed E-state index contributed by atoms with van der Waals surface area (Å²) in [5.41, 5.74) is 5.31. The molecule has 0 unspecified atom stereocenters. The zero-order valence-corrected chi connectivity index (χ0v) is 8.86. The van der Waals surface area contributed by atoms with Gasteiger partial charge in [-0.25, -0.2) is 13.8 Å². The Hall–Kier alpha value is -1.04. The Labute approximate surface area is 90.7 Å². The van der Waals surface area contributed by atoms with Crippen LogP contribution in [0.2, 0.25) is 0 Å². The first kappa shape index (κ1) is 10.5. The number of nitrogen functional groups attached to an aromatic ring is 1. The lowest BCUT2D eigenvalue weighted by molar-refractivity contribution is 0.572. The van der Waals surface area contributed by atoms with Crippen LogP contribution in [-0.2, 0) is 0 Å². The van der Waals surface area contributed by atoms with E-state index in [1.165, 1.54) is 0 Å². The van der Waals surface area contributed by atoms with Gasteiger partial charge in [-0.3, -0.25) is 0 Å². The normalized spacial score (nSPS) is 16.8. The fourth-order valence-corrected chi connectivity index (χ4v) is 2.37. The molecule has 6 heteroatoms. The van der Waals surface area contributed by atoms with E-state index < -0.39 is 11.6 Å². The Bertz CT molecular complexity index is 367. The second-order valence-electron chi connectivity index (χ2n) is 3.26. The molecule has 2 heterocycles. The number of thioether (sulfide) groups is 1. The molecule has 1 aromatic heterocycles. The summed E-state index contributed by atoms with van der Waals surface area (Å²) in [7, 11) is 0. The average molecular weight is 231 g/mol. The van der Waals surface area contributed by atoms with Gasteiger partial charge in [0.2, 0.25) is 0 Å². The molecule has 0 atom stereocenters. The summed E-state index contributed by atoms with van der Waals surface area (Å²) in [5, 5.41) is 0. The van der Waals surface area contributed by atoms with Crippen molar-refractivity contribution in [2.45, 2.75) is 0 Å². The molecule has 1 aliphatic heterocycles. The van der Waals surface area contributed by atoms with E-state index >= 15 is 0 Å². The van der Waals surface area contributed by atoms with Crippen molar-refractivity contribution in [3.63, 3.8) is 0 Å². The lowest BCUT2D eigenvalue weighted by Crippen LogP contribution is -2.34. The van der Waals surface area contributed by atoms with Gasteiger partial charge in [0, 0.05) is 30.7 Å². The third-order valence-corrected chi connectivity index (χ3v) is 3.19. The molecule has 2 N–H and O–H groups in total. The summed E-state index contributed by atoms with van der Waals surface area (Å²) in [6.45, 7) is 1.44. The highest BCUT2D eigenvalue weighted by Gasteiger charge is 2.18. The first-order valence-corrected chi connectivity index (χ1v) is 5.78. The highest BCUT2D eigenvalue weighted by Crippen LogP contribution is 2.23. The molecule has 0 radical (unpaired) electrons. The highest BCUT2D eigenvalue weighted by molar-refractivity contribution is 7.99. The Morgan fingerprint density at radius 3 is 2.60 bits per heavy atom. The highest BCUT2D eigenvalue weighted by atomic mass is 32.2. The molecule has 2 rings (SSSR count). The van der Waals surface area contributed by atoms with E-state index in [0.29, 0.717) is 0 Å². The summed E-state index contributed by atoms with van der Waals surface area (Å²) in [6, 6.07) is 0.791. The van der Waals surface area contributed by atoms with Crippen molar-refractivity contribution in [1.82, 2.24) is 4.98 Å². The molecule has 3 nitrogen and oxygen atoms in total. The second kappa shape index (κ2) is 4.22. The van der Waals surface area contributed by atoms with Crippen LogP contribution in [0.5, 0.6) is 0 Å². The Kier molecular flexibility index (Phi) is 2.95. The summed E-state index contributed by atoms with van der Waals surface area (Å²) in [5.74, 6) is 0.326. The maximum Gasteiger partial charge on any atom is 0.168 e. The smallest absolute Gasteiger partial charge is 0.168 e. The molecular weight excluding hydrogens is 220 g/mol. The molecule has 0 amide bonds. The Balaban J connectivity index is 2.30. The fraction of sp³-hybridized carbons (Fsp3) is 0.444. The van der Waals surface area contributed by atoms with E-state index in [-0.39, 0.29) is 11.6 Å². The van der Waals surface area contributed by atoms with E-state index in [4.69, 9.17) is 5.73 Å². The number of hydrogen-bond acceptors (Lipinski definition) is 4. The number of hydrogen-bond donors (Lipinski definition) is 1. The topological polar surface area (TPSA) is 42.1 Å². The van der Waals surface area contributed by atoms with Crippen molar-refractivity contribution in [2.24, 2.45) is 0 Å². The minimum Gasteiger partial charge on any atom is -0.381 e. The monoisotopic (exact) mass is 231 g/mol. The van der Waals surface area contributed by atoms with Crippen LogP contribution in [-0.4, -0.2) is 29.6 Å². The third kappa shape index (κ3) is 2.14. The number of nitrogens with two attached hydrogens (primary N) is 1. The van der Waals surface area contributed by atoms with Crippen molar-refractivity contribution >= 4 is 23.4 Å². The number of anilines is 2. The largest absolute Gasteiger partial charge is 0.381 e. The van der Waals surface area contributed by atoms with Gasteiger partial charge >= 0.3 is 0 Å². The molecular formula is C9H11F2N3S. The van der Waals surface area contributed by atoms with Crippen molar-refractivity contribution in [3.05, 3.63) is 17.7 Å². The van der Waals surface area contributed by atoms with Gasteiger partial charge in [0.05, 0.1) is 0 Å². The van der Waals surface area contributed by atoms with Crippen molar-refractivity contribution in [2.75, 3.05) is 35.2 Å². The predicted molar refractivity (Wildman–Crippen MR) is 58.1 cm³/mol. The number of aromatic nitrogens is 1. The van der Waals surface area contributed by atoms with Gasteiger partial charge in [0.1, 0.15) is 0 Å². The minimum atomic E-state index is -0.803. The van der Waals surface area contributed by atoms with Crippen molar-refractivity contribution in [3.8, 4) is 0 Å². The van der Waals surface area contributed by atoms with Crippen LogP contribution >= 0.6 is 11.8 Å². The first-order chi connectivity index (χ1) is 7.18. The summed E-state index contributed by atoms with van der Waals surface area (Å²) < 4.78 is 26.3. The number of rotatable bonds is 1. The molecule has 82 valence electrons. The molecule has 1 saturated heterocycles. The van der Waals surface area contributed by atoms with E-state index in [1.807, 2.05) is 11.8 Å². The third-order valence-electron chi connectivity index (χ3n) is 2.25. The van der Waals surface area contributed by atoms with Crippen LogP contribution in [0.15, 0.2) is 6.07 Å². The van der Waals surface area contributed by atoms with Gasteiger partial charge in [-0.05, 0) is 0 Å². The lowest BCUT2D eigenvalue weighted by atomic mass is 10.3. The fourth-order valence-electron chi connectivity index (χ4n) is 1.47. The molecule has 0 bridgehead atoms. The predicted octanol–water partition coefficient (Wildman–Crippen LogP) is 1.50. The maximum absolute atomic E-state index is 13.4. The molecule has 0 saturated carbocycles. The molecule has 1 fully saturated rings. The minimum absolute atomic E-state index is 0.161. The zero-order valence-electron chi connectivity index (χ0n) is 8.04. The molecule has 0 aliphatic carbocycles. The van der Waals surface area contributed by atoms with Gasteiger partial charge in [-0.1, -0.05) is 0 Å². The van der Waals surface area contributed by atoms with Crippen molar-refractivity contribution in [1.29, 1.82) is 0 Å². The lowest BCUT2D eigenvalue weighted by Gasteiger charge is -2.27. The van der Waals surface area contributed by atoms with Crippen LogP contribution < -0.4 is 10.6 Å². The van der Waals surface area contributed by atoms with Crippen molar-refractivity contribution < 1.29 is 8.78 Å². The molecule has 15 heavy (non-hydrogen) atoms. The number of halogens is 2. The summed E-state index contributed by atoms with van der Waals surface area (Å²) in [4.78, 5) is 5.53. The van der Waals surface area contributed by atoms with Gasteiger partial charge in [0.15, 0.2) is 23.3 Å². The average Bonchev–Trinajstić information content (AvgIpc) is 2.25. The number of nitrogens with zero attached hydrogens (tertiary/aromatic N) is 2. The van der Waals surface area contributed by atoms with E-state index in [1.54, 1.807) is 4.90 Å². The Morgan fingerprint density at radius 1 is 1.27 bits per heavy atom. The van der Waals surface area contributed by atoms with Crippen LogP contribution in [0, 0.1) is 11.6 Å². The maximum atomic E-state index is 13.4.